The Labute approximate surface area is 150 Å². The van der Waals surface area contributed by atoms with Crippen LogP contribution < -0.4 is 9.04 Å². The lowest BCUT2D eigenvalue weighted by Crippen LogP contribution is -2.51. The van der Waals surface area contributed by atoms with Crippen molar-refractivity contribution in [1.29, 1.82) is 0 Å². The average molecular weight is 368 g/mol. The number of hydrogen-bond acceptors (Lipinski definition) is 4. The van der Waals surface area contributed by atoms with Gasteiger partial charge in [0, 0.05) is 13.1 Å². The number of anilines is 1. The molecule has 0 spiro atoms. The molecule has 140 valence electrons. The number of methoxy groups -OCH3 is 1. The fourth-order valence-electron chi connectivity index (χ4n) is 3.47. The molecule has 1 saturated carbocycles. The SMILES string of the molecule is COc1ccc(N(C(C)C(=O)N(C)C2CCCCC2)S(C)(=O)=O)cc1. The molecule has 0 aliphatic heterocycles. The molecule has 6 nitrogen and oxygen atoms in total. The van der Waals surface area contributed by atoms with Crippen molar-refractivity contribution in [3.63, 3.8) is 0 Å². The van der Waals surface area contributed by atoms with Crippen LogP contribution in [0, 0.1) is 0 Å². The fourth-order valence-corrected chi connectivity index (χ4v) is 4.64. The molecule has 1 unspecified atom stereocenters. The molecule has 1 aliphatic carbocycles. The third-order valence-corrected chi connectivity index (χ3v) is 6.11. The van der Waals surface area contributed by atoms with E-state index in [4.69, 9.17) is 4.74 Å². The zero-order valence-electron chi connectivity index (χ0n) is 15.4. The quantitative estimate of drug-likeness (QED) is 0.774. The van der Waals surface area contributed by atoms with Crippen molar-refractivity contribution >= 4 is 21.6 Å². The number of hydrogen-bond donors (Lipinski definition) is 0. The van der Waals surface area contributed by atoms with Crippen molar-refractivity contribution in [2.75, 3.05) is 24.7 Å². The summed E-state index contributed by atoms with van der Waals surface area (Å²) in [5, 5.41) is 0. The Balaban J connectivity index is 2.25. The number of ether oxygens (including phenoxy) is 1. The van der Waals surface area contributed by atoms with Gasteiger partial charge in [0.2, 0.25) is 15.9 Å². The van der Waals surface area contributed by atoms with Gasteiger partial charge in [0.1, 0.15) is 11.8 Å². The van der Waals surface area contributed by atoms with Crippen LogP contribution in [0.4, 0.5) is 5.69 Å². The molecule has 1 amide bonds. The number of carbonyl (C=O) groups excluding carboxylic acids is 1. The standard InChI is InChI=1S/C18H28N2O4S/c1-14(18(21)19(2)15-8-6-5-7-9-15)20(25(4,22)23)16-10-12-17(24-3)13-11-16/h10-15H,5-9H2,1-4H3. The van der Waals surface area contributed by atoms with E-state index in [2.05, 4.69) is 0 Å². The molecule has 0 aromatic heterocycles. The molecule has 1 aromatic rings. The second kappa shape index (κ2) is 8.08. The van der Waals surface area contributed by atoms with Crippen LogP contribution in [0.3, 0.4) is 0 Å². The van der Waals surface area contributed by atoms with Crippen LogP contribution in [0.15, 0.2) is 24.3 Å². The molecule has 0 bridgehead atoms. The highest BCUT2D eigenvalue weighted by atomic mass is 32.2. The Hall–Kier alpha value is -1.76. The third-order valence-electron chi connectivity index (χ3n) is 4.86. The summed E-state index contributed by atoms with van der Waals surface area (Å²) in [5.74, 6) is 0.462. The van der Waals surface area contributed by atoms with Crippen molar-refractivity contribution in [3.05, 3.63) is 24.3 Å². The first-order valence-electron chi connectivity index (χ1n) is 8.66. The summed E-state index contributed by atoms with van der Waals surface area (Å²) in [4.78, 5) is 14.6. The van der Waals surface area contributed by atoms with Gasteiger partial charge in [0.05, 0.1) is 19.1 Å². The van der Waals surface area contributed by atoms with Crippen molar-refractivity contribution in [2.45, 2.75) is 51.1 Å². The number of carbonyl (C=O) groups is 1. The first-order chi connectivity index (χ1) is 11.8. The summed E-state index contributed by atoms with van der Waals surface area (Å²) in [5.41, 5.74) is 0.459. The first kappa shape index (κ1) is 19.6. The van der Waals surface area contributed by atoms with Gasteiger partial charge in [-0.1, -0.05) is 19.3 Å². The zero-order chi connectivity index (χ0) is 18.6. The van der Waals surface area contributed by atoms with E-state index in [9.17, 15) is 13.2 Å². The number of likely N-dealkylation sites (N-methyl/N-ethyl adjacent to an activating group) is 1. The van der Waals surface area contributed by atoms with Gasteiger partial charge in [0.15, 0.2) is 0 Å². The van der Waals surface area contributed by atoms with Crippen LogP contribution >= 0.6 is 0 Å². The van der Waals surface area contributed by atoms with Gasteiger partial charge in [-0.2, -0.15) is 0 Å². The van der Waals surface area contributed by atoms with Crippen molar-refractivity contribution in [2.24, 2.45) is 0 Å². The smallest absolute Gasteiger partial charge is 0.246 e. The molecule has 0 saturated heterocycles. The summed E-state index contributed by atoms with van der Waals surface area (Å²) in [7, 11) is -0.270. The predicted octanol–water partition coefficient (Wildman–Crippen LogP) is 2.64. The number of nitrogens with zero attached hydrogens (tertiary/aromatic N) is 2. The Bertz CT molecular complexity index is 682. The normalized spacial score (nSPS) is 17.0. The van der Waals surface area contributed by atoms with Gasteiger partial charge < -0.3 is 9.64 Å². The van der Waals surface area contributed by atoms with Gasteiger partial charge in [-0.15, -0.1) is 0 Å². The van der Waals surface area contributed by atoms with Crippen LogP contribution in [-0.4, -0.2) is 51.7 Å². The molecular formula is C18H28N2O4S. The Morgan fingerprint density at radius 2 is 1.72 bits per heavy atom. The first-order valence-corrected chi connectivity index (χ1v) is 10.5. The van der Waals surface area contributed by atoms with Gasteiger partial charge in [-0.3, -0.25) is 9.10 Å². The molecular weight excluding hydrogens is 340 g/mol. The van der Waals surface area contributed by atoms with E-state index in [0.717, 1.165) is 31.9 Å². The monoisotopic (exact) mass is 368 g/mol. The lowest BCUT2D eigenvalue weighted by atomic mass is 9.94. The summed E-state index contributed by atoms with van der Waals surface area (Å²) >= 11 is 0. The van der Waals surface area contributed by atoms with Crippen molar-refractivity contribution < 1.29 is 17.9 Å². The molecule has 0 heterocycles. The van der Waals surface area contributed by atoms with E-state index in [1.807, 2.05) is 0 Å². The fraction of sp³-hybridized carbons (Fsp3) is 0.611. The lowest BCUT2D eigenvalue weighted by Gasteiger charge is -2.36. The van der Waals surface area contributed by atoms with E-state index < -0.39 is 16.1 Å². The largest absolute Gasteiger partial charge is 0.497 e. The summed E-state index contributed by atoms with van der Waals surface area (Å²) in [6, 6.07) is 6.09. The molecule has 1 atom stereocenters. The maximum absolute atomic E-state index is 12.9. The van der Waals surface area contributed by atoms with Crippen LogP contribution in [-0.2, 0) is 14.8 Å². The Kier molecular flexibility index (Phi) is 6.32. The highest BCUT2D eigenvalue weighted by molar-refractivity contribution is 7.92. The summed E-state index contributed by atoms with van der Waals surface area (Å²) in [6.07, 6.45) is 6.53. The number of rotatable bonds is 6. The van der Waals surface area contributed by atoms with Crippen LogP contribution in [0.1, 0.15) is 39.0 Å². The molecule has 0 N–H and O–H groups in total. The van der Waals surface area contributed by atoms with E-state index in [-0.39, 0.29) is 11.9 Å². The molecule has 1 aromatic carbocycles. The number of sulfonamides is 1. The van der Waals surface area contributed by atoms with E-state index in [1.165, 1.54) is 10.7 Å². The molecule has 1 aliphatic rings. The molecule has 7 heteroatoms. The third kappa shape index (κ3) is 4.66. The number of amides is 1. The Morgan fingerprint density at radius 3 is 2.20 bits per heavy atom. The minimum absolute atomic E-state index is 0.173. The average Bonchev–Trinajstić information content (AvgIpc) is 2.60. The number of benzene rings is 1. The van der Waals surface area contributed by atoms with Crippen LogP contribution in [0.5, 0.6) is 5.75 Å². The van der Waals surface area contributed by atoms with E-state index in [0.29, 0.717) is 11.4 Å². The molecule has 1 fully saturated rings. The van der Waals surface area contributed by atoms with Crippen molar-refractivity contribution in [3.8, 4) is 5.75 Å². The molecule has 0 radical (unpaired) electrons. The predicted molar refractivity (Wildman–Crippen MR) is 99.4 cm³/mol. The minimum atomic E-state index is -3.60. The zero-order valence-corrected chi connectivity index (χ0v) is 16.3. The highest BCUT2D eigenvalue weighted by Crippen LogP contribution is 2.26. The maximum atomic E-state index is 12.9. The molecule has 2 rings (SSSR count). The summed E-state index contributed by atoms with van der Waals surface area (Å²) < 4.78 is 31.0. The van der Waals surface area contributed by atoms with Gasteiger partial charge in [0.25, 0.3) is 0 Å². The van der Waals surface area contributed by atoms with Gasteiger partial charge >= 0.3 is 0 Å². The molecule has 25 heavy (non-hydrogen) atoms. The van der Waals surface area contributed by atoms with Crippen LogP contribution in [0.2, 0.25) is 0 Å². The maximum Gasteiger partial charge on any atom is 0.246 e. The topological polar surface area (TPSA) is 66.9 Å². The highest BCUT2D eigenvalue weighted by Gasteiger charge is 2.33. The van der Waals surface area contributed by atoms with Crippen molar-refractivity contribution in [1.82, 2.24) is 4.90 Å². The van der Waals surface area contributed by atoms with Gasteiger partial charge in [-0.05, 0) is 44.0 Å². The lowest BCUT2D eigenvalue weighted by molar-refractivity contribution is -0.133. The van der Waals surface area contributed by atoms with E-state index >= 15 is 0 Å². The second-order valence-corrected chi connectivity index (χ2v) is 8.53. The van der Waals surface area contributed by atoms with Gasteiger partial charge in [-0.25, -0.2) is 8.42 Å². The minimum Gasteiger partial charge on any atom is -0.497 e. The second-order valence-electron chi connectivity index (χ2n) is 6.67. The summed E-state index contributed by atoms with van der Waals surface area (Å²) in [6.45, 7) is 1.65. The Morgan fingerprint density at radius 1 is 1.16 bits per heavy atom. The van der Waals surface area contributed by atoms with Crippen LogP contribution in [0.25, 0.3) is 0 Å². The van der Waals surface area contributed by atoms with E-state index in [1.54, 1.807) is 50.2 Å².